The predicted octanol–water partition coefficient (Wildman–Crippen LogP) is 3.26. The van der Waals surface area contributed by atoms with Gasteiger partial charge in [-0.25, -0.2) is 9.97 Å². The van der Waals surface area contributed by atoms with Crippen molar-refractivity contribution in [1.82, 2.24) is 15.3 Å². The highest BCUT2D eigenvalue weighted by atomic mass is 35.5. The first kappa shape index (κ1) is 19.0. The number of carbonyl (C=O) groups excluding carboxylic acids is 1. The number of benzene rings is 1. The topological polar surface area (TPSA) is 61.4 Å². The van der Waals surface area contributed by atoms with E-state index in [1.807, 2.05) is 30.5 Å². The fourth-order valence-electron chi connectivity index (χ4n) is 4.06. The molecule has 3 heterocycles. The average Bonchev–Trinajstić information content (AvgIpc) is 3.28. The van der Waals surface area contributed by atoms with Crippen LogP contribution >= 0.6 is 11.6 Å². The summed E-state index contributed by atoms with van der Waals surface area (Å²) in [4.78, 5) is 26.1. The van der Waals surface area contributed by atoms with Gasteiger partial charge in [0.1, 0.15) is 6.33 Å². The van der Waals surface area contributed by atoms with E-state index < -0.39 is 0 Å². The van der Waals surface area contributed by atoms with Crippen LogP contribution in [0, 0.1) is 5.92 Å². The molecule has 0 spiro atoms. The van der Waals surface area contributed by atoms with Crippen molar-refractivity contribution >= 4 is 29.0 Å². The number of piperidine rings is 1. The van der Waals surface area contributed by atoms with E-state index in [0.29, 0.717) is 11.6 Å². The van der Waals surface area contributed by atoms with Crippen molar-refractivity contribution in [3.63, 3.8) is 0 Å². The number of nitrogens with one attached hydrogen (secondary N) is 1. The molecule has 0 radical (unpaired) electrons. The van der Waals surface area contributed by atoms with E-state index in [-0.39, 0.29) is 11.8 Å². The van der Waals surface area contributed by atoms with Crippen LogP contribution in [0.15, 0.2) is 36.8 Å². The molecule has 2 saturated heterocycles. The molecule has 1 amide bonds. The summed E-state index contributed by atoms with van der Waals surface area (Å²) in [6.07, 6.45) is 7.66. The molecule has 6 nitrogen and oxygen atoms in total. The maximum Gasteiger partial charge on any atom is 0.223 e. The highest BCUT2D eigenvalue weighted by molar-refractivity contribution is 6.31. The number of anilines is 2. The summed E-state index contributed by atoms with van der Waals surface area (Å²) in [5.74, 6) is 1.19. The molecule has 1 aromatic carbocycles. The second-order valence-corrected chi connectivity index (χ2v) is 7.90. The Kier molecular flexibility index (Phi) is 5.95. The Balaban J connectivity index is 1.33. The molecule has 0 saturated carbocycles. The van der Waals surface area contributed by atoms with Gasteiger partial charge in [-0.3, -0.25) is 4.79 Å². The number of hydrogen-bond donors (Lipinski definition) is 1. The Bertz CT molecular complexity index is 816. The zero-order chi connectivity index (χ0) is 19.3. The van der Waals surface area contributed by atoms with Crippen LogP contribution in [0.1, 0.15) is 31.2 Å². The molecule has 0 aliphatic carbocycles. The third-order valence-corrected chi connectivity index (χ3v) is 6.06. The maximum atomic E-state index is 12.6. The van der Waals surface area contributed by atoms with Crippen LogP contribution in [-0.4, -0.2) is 42.1 Å². The molecule has 0 bridgehead atoms. The lowest BCUT2D eigenvalue weighted by molar-refractivity contribution is -0.125. The summed E-state index contributed by atoms with van der Waals surface area (Å²) in [7, 11) is 0. The summed E-state index contributed by atoms with van der Waals surface area (Å²) < 4.78 is 0. The molecule has 2 fully saturated rings. The second kappa shape index (κ2) is 8.78. The molecule has 1 aromatic heterocycles. The van der Waals surface area contributed by atoms with Gasteiger partial charge in [-0.05, 0) is 37.3 Å². The van der Waals surface area contributed by atoms with Gasteiger partial charge in [0, 0.05) is 43.7 Å². The SMILES string of the molecule is O=C(NCc1ccccc1Cl)C1CCN(c2cncnc2N2CCCC2)CC1. The van der Waals surface area contributed by atoms with Crippen LogP contribution in [0.5, 0.6) is 0 Å². The number of nitrogens with zero attached hydrogens (tertiary/aromatic N) is 4. The van der Waals surface area contributed by atoms with E-state index in [9.17, 15) is 4.79 Å². The average molecular weight is 400 g/mol. The van der Waals surface area contributed by atoms with Crippen LogP contribution in [-0.2, 0) is 11.3 Å². The van der Waals surface area contributed by atoms with Crippen molar-refractivity contribution in [3.8, 4) is 0 Å². The number of amides is 1. The van der Waals surface area contributed by atoms with Crippen LogP contribution in [0.25, 0.3) is 0 Å². The number of halogens is 1. The third-order valence-electron chi connectivity index (χ3n) is 5.70. The van der Waals surface area contributed by atoms with Gasteiger partial charge in [0.15, 0.2) is 5.82 Å². The molecule has 4 rings (SSSR count). The molecule has 2 aliphatic rings. The Labute approximate surface area is 170 Å². The normalized spacial score (nSPS) is 17.8. The van der Waals surface area contributed by atoms with E-state index in [1.165, 1.54) is 12.8 Å². The van der Waals surface area contributed by atoms with Crippen molar-refractivity contribution in [2.45, 2.75) is 32.2 Å². The van der Waals surface area contributed by atoms with Crippen LogP contribution in [0.2, 0.25) is 5.02 Å². The van der Waals surface area contributed by atoms with E-state index in [0.717, 1.165) is 56.1 Å². The fourth-order valence-corrected chi connectivity index (χ4v) is 4.27. The molecule has 2 aromatic rings. The second-order valence-electron chi connectivity index (χ2n) is 7.50. The van der Waals surface area contributed by atoms with Crippen molar-refractivity contribution < 1.29 is 4.79 Å². The minimum Gasteiger partial charge on any atom is -0.367 e. The zero-order valence-corrected chi connectivity index (χ0v) is 16.7. The predicted molar refractivity (Wildman–Crippen MR) is 112 cm³/mol. The smallest absolute Gasteiger partial charge is 0.223 e. The molecule has 0 unspecified atom stereocenters. The van der Waals surface area contributed by atoms with Crippen molar-refractivity contribution in [2.75, 3.05) is 36.0 Å². The Morgan fingerprint density at radius 3 is 2.61 bits per heavy atom. The summed E-state index contributed by atoms with van der Waals surface area (Å²) in [5, 5.41) is 3.74. The van der Waals surface area contributed by atoms with Crippen LogP contribution in [0.4, 0.5) is 11.5 Å². The van der Waals surface area contributed by atoms with E-state index in [1.54, 1.807) is 6.33 Å². The number of rotatable bonds is 5. The monoisotopic (exact) mass is 399 g/mol. The number of carbonyl (C=O) groups is 1. The molecule has 148 valence electrons. The first-order valence-electron chi connectivity index (χ1n) is 10.0. The lowest BCUT2D eigenvalue weighted by Crippen LogP contribution is -2.41. The summed E-state index contributed by atoms with van der Waals surface area (Å²) >= 11 is 6.18. The lowest BCUT2D eigenvalue weighted by atomic mass is 9.95. The molecule has 7 heteroatoms. The Morgan fingerprint density at radius 1 is 1.11 bits per heavy atom. The first-order chi connectivity index (χ1) is 13.7. The van der Waals surface area contributed by atoms with Crippen LogP contribution in [0.3, 0.4) is 0 Å². The Morgan fingerprint density at radius 2 is 1.86 bits per heavy atom. The molecular formula is C21H26ClN5O. The van der Waals surface area contributed by atoms with E-state index in [2.05, 4.69) is 25.1 Å². The van der Waals surface area contributed by atoms with Gasteiger partial charge in [-0.15, -0.1) is 0 Å². The van der Waals surface area contributed by atoms with Gasteiger partial charge in [0.25, 0.3) is 0 Å². The summed E-state index contributed by atoms with van der Waals surface area (Å²) in [6.45, 7) is 4.29. The van der Waals surface area contributed by atoms with Crippen molar-refractivity contribution in [2.24, 2.45) is 5.92 Å². The first-order valence-corrected chi connectivity index (χ1v) is 10.4. The molecule has 0 atom stereocenters. The van der Waals surface area contributed by atoms with Crippen LogP contribution < -0.4 is 15.1 Å². The molecule has 28 heavy (non-hydrogen) atoms. The van der Waals surface area contributed by atoms with Crippen molar-refractivity contribution in [3.05, 3.63) is 47.4 Å². The standard InChI is InChI=1S/C21H26ClN5O/c22-18-6-2-1-5-17(18)13-24-21(28)16-7-11-26(12-8-16)19-14-23-15-25-20(19)27-9-3-4-10-27/h1-2,5-6,14-16H,3-4,7-13H2,(H,24,28). The van der Waals surface area contributed by atoms with E-state index in [4.69, 9.17) is 11.6 Å². The van der Waals surface area contributed by atoms with E-state index >= 15 is 0 Å². The highest BCUT2D eigenvalue weighted by Crippen LogP contribution is 2.31. The highest BCUT2D eigenvalue weighted by Gasteiger charge is 2.28. The van der Waals surface area contributed by atoms with Gasteiger partial charge < -0.3 is 15.1 Å². The Hall–Kier alpha value is -2.34. The fraction of sp³-hybridized carbons (Fsp3) is 0.476. The van der Waals surface area contributed by atoms with Gasteiger partial charge in [-0.2, -0.15) is 0 Å². The summed E-state index contributed by atoms with van der Waals surface area (Å²) in [5.41, 5.74) is 2.05. The minimum absolute atomic E-state index is 0.0404. The quantitative estimate of drug-likeness (QED) is 0.836. The zero-order valence-electron chi connectivity index (χ0n) is 16.0. The largest absolute Gasteiger partial charge is 0.367 e. The summed E-state index contributed by atoms with van der Waals surface area (Å²) in [6, 6.07) is 7.63. The molecule has 1 N–H and O–H groups in total. The van der Waals surface area contributed by atoms with Gasteiger partial charge in [-0.1, -0.05) is 29.8 Å². The molecule has 2 aliphatic heterocycles. The van der Waals surface area contributed by atoms with Gasteiger partial charge in [0.05, 0.1) is 11.9 Å². The number of hydrogen-bond acceptors (Lipinski definition) is 5. The molecular weight excluding hydrogens is 374 g/mol. The van der Waals surface area contributed by atoms with Crippen molar-refractivity contribution in [1.29, 1.82) is 0 Å². The lowest BCUT2D eigenvalue weighted by Gasteiger charge is -2.34. The van der Waals surface area contributed by atoms with Gasteiger partial charge in [0.2, 0.25) is 5.91 Å². The third kappa shape index (κ3) is 4.22. The maximum absolute atomic E-state index is 12.6. The van der Waals surface area contributed by atoms with Gasteiger partial charge >= 0.3 is 0 Å². The number of aromatic nitrogens is 2. The minimum atomic E-state index is 0.0404.